The molecule has 28 heavy (non-hydrogen) atoms. The topological polar surface area (TPSA) is 78.9 Å². The molecule has 0 N–H and O–H groups in total. The number of rotatable bonds is 2. The minimum Gasteiger partial charge on any atom is -0.469 e. The van der Waals surface area contributed by atoms with Crippen LogP contribution in [-0.4, -0.2) is 36.7 Å². The van der Waals surface area contributed by atoms with E-state index in [1.54, 1.807) is 0 Å². The zero-order valence-corrected chi connectivity index (χ0v) is 16.8. The quantitative estimate of drug-likeness (QED) is 0.411. The molecular formula is C22H28O6. The summed E-state index contributed by atoms with van der Waals surface area (Å²) in [5.74, 6) is -1.19. The summed E-state index contributed by atoms with van der Waals surface area (Å²) in [6, 6.07) is 0. The van der Waals surface area contributed by atoms with Crippen LogP contribution in [0, 0.1) is 34.5 Å². The third-order valence-electron chi connectivity index (χ3n) is 8.92. The Morgan fingerprint density at radius 1 is 1.25 bits per heavy atom. The SMILES string of the molecule is C=C1C[C@]23C[C@H]1CC[C@H]2[C@@]12CC[C@H](OC(C)=O)[C@@](C)(C(=O)O1)[C@H]2[C@@H]3C(=O)OC. The molecule has 0 aromatic rings. The fraction of sp³-hybridized carbons (Fsp3) is 0.773. The maximum absolute atomic E-state index is 13.2. The van der Waals surface area contributed by atoms with Crippen molar-refractivity contribution in [1.29, 1.82) is 0 Å². The van der Waals surface area contributed by atoms with Gasteiger partial charge in [0.05, 0.1) is 13.0 Å². The zero-order chi connectivity index (χ0) is 20.1. The molecule has 0 aromatic carbocycles. The molecule has 1 saturated heterocycles. The number of ether oxygens (including phenoxy) is 3. The number of carbonyl (C=O) groups is 3. The van der Waals surface area contributed by atoms with Crippen LogP contribution in [0.4, 0.5) is 0 Å². The molecular weight excluding hydrogens is 360 g/mol. The number of carbonyl (C=O) groups excluding carboxylic acids is 3. The number of methoxy groups -OCH3 is 1. The van der Waals surface area contributed by atoms with Gasteiger partial charge in [-0.15, -0.1) is 0 Å². The van der Waals surface area contributed by atoms with E-state index in [0.29, 0.717) is 18.8 Å². The molecule has 0 radical (unpaired) electrons. The number of hydrogen-bond donors (Lipinski definition) is 0. The van der Waals surface area contributed by atoms with Crippen LogP contribution in [-0.2, 0) is 28.6 Å². The highest BCUT2D eigenvalue weighted by atomic mass is 16.6. The maximum Gasteiger partial charge on any atom is 0.316 e. The van der Waals surface area contributed by atoms with Crippen LogP contribution in [0.5, 0.6) is 0 Å². The van der Waals surface area contributed by atoms with Gasteiger partial charge in [0.25, 0.3) is 0 Å². The summed E-state index contributed by atoms with van der Waals surface area (Å²) in [6.45, 7) is 7.50. The largest absolute Gasteiger partial charge is 0.469 e. The highest BCUT2D eigenvalue weighted by Crippen LogP contribution is 2.78. The van der Waals surface area contributed by atoms with Crippen LogP contribution in [0.2, 0.25) is 0 Å². The number of fused-ring (bicyclic) bond motifs is 1. The predicted molar refractivity (Wildman–Crippen MR) is 97.7 cm³/mol. The maximum atomic E-state index is 13.2. The van der Waals surface area contributed by atoms with Crippen molar-refractivity contribution in [3.63, 3.8) is 0 Å². The molecule has 0 aromatic heterocycles. The van der Waals surface area contributed by atoms with E-state index in [0.717, 1.165) is 25.7 Å². The second-order valence-corrected chi connectivity index (χ2v) is 9.84. The molecule has 5 fully saturated rings. The van der Waals surface area contributed by atoms with Crippen molar-refractivity contribution < 1.29 is 28.6 Å². The molecule has 1 heterocycles. The van der Waals surface area contributed by atoms with Gasteiger partial charge in [-0.1, -0.05) is 12.2 Å². The summed E-state index contributed by atoms with van der Waals surface area (Å²) in [7, 11) is 1.42. The van der Waals surface area contributed by atoms with E-state index < -0.39 is 29.0 Å². The van der Waals surface area contributed by atoms with Crippen LogP contribution in [0.1, 0.15) is 52.4 Å². The van der Waals surface area contributed by atoms with Gasteiger partial charge in [-0.25, -0.2) is 0 Å². The van der Waals surface area contributed by atoms with Gasteiger partial charge in [-0.2, -0.15) is 0 Å². The second-order valence-electron chi connectivity index (χ2n) is 9.84. The fourth-order valence-electron chi connectivity index (χ4n) is 8.13. The van der Waals surface area contributed by atoms with Gasteiger partial charge >= 0.3 is 17.9 Å². The van der Waals surface area contributed by atoms with Gasteiger partial charge in [0.2, 0.25) is 0 Å². The first kappa shape index (κ1) is 18.2. The monoisotopic (exact) mass is 388 g/mol. The normalized spacial score (nSPS) is 50.6. The first-order valence-corrected chi connectivity index (χ1v) is 10.4. The molecule has 4 bridgehead atoms. The third kappa shape index (κ3) is 1.83. The molecule has 152 valence electrons. The Bertz CT molecular complexity index is 803. The molecule has 1 aliphatic heterocycles. The summed E-state index contributed by atoms with van der Waals surface area (Å²) >= 11 is 0. The first-order valence-electron chi connectivity index (χ1n) is 10.4. The van der Waals surface area contributed by atoms with Crippen LogP contribution in [0.15, 0.2) is 12.2 Å². The number of esters is 3. The van der Waals surface area contributed by atoms with Gasteiger partial charge in [-0.05, 0) is 56.8 Å². The summed E-state index contributed by atoms with van der Waals surface area (Å²) in [5.41, 5.74) is -0.717. The lowest BCUT2D eigenvalue weighted by molar-refractivity contribution is -0.169. The predicted octanol–water partition coefficient (Wildman–Crippen LogP) is 2.80. The van der Waals surface area contributed by atoms with Crippen molar-refractivity contribution >= 4 is 17.9 Å². The molecule has 1 spiro atoms. The van der Waals surface area contributed by atoms with E-state index in [1.807, 2.05) is 6.92 Å². The molecule has 5 rings (SSSR count). The molecule has 6 heteroatoms. The van der Waals surface area contributed by atoms with Gasteiger partial charge in [0.15, 0.2) is 0 Å². The molecule has 8 atom stereocenters. The standard InChI is InChI=1S/C22H28O6/c1-11-9-21-10-13(11)5-6-14(21)22-8-7-15(27-12(2)23)20(3,19(25)28-22)17(22)16(21)18(24)26-4/h13-17H,1,5-10H2,2-4H3/t13-,14-,15+,16-,17-,20-,21+,22-/m1/s1. The van der Waals surface area contributed by atoms with Crippen molar-refractivity contribution in [2.24, 2.45) is 34.5 Å². The Morgan fingerprint density at radius 3 is 2.68 bits per heavy atom. The highest BCUT2D eigenvalue weighted by Gasteiger charge is 2.83. The van der Waals surface area contributed by atoms with Crippen LogP contribution in [0.3, 0.4) is 0 Å². The van der Waals surface area contributed by atoms with E-state index in [2.05, 4.69) is 6.58 Å². The summed E-state index contributed by atoms with van der Waals surface area (Å²) in [4.78, 5) is 38.1. The van der Waals surface area contributed by atoms with Crippen LogP contribution < -0.4 is 0 Å². The van der Waals surface area contributed by atoms with Crippen molar-refractivity contribution in [2.75, 3.05) is 7.11 Å². The van der Waals surface area contributed by atoms with Crippen LogP contribution >= 0.6 is 0 Å². The first-order chi connectivity index (χ1) is 13.2. The molecule has 5 aliphatic rings. The second kappa shape index (κ2) is 5.39. The Kier molecular flexibility index (Phi) is 3.50. The minimum absolute atomic E-state index is 0.133. The van der Waals surface area contributed by atoms with Gasteiger partial charge in [-0.3, -0.25) is 14.4 Å². The van der Waals surface area contributed by atoms with Crippen molar-refractivity contribution in [1.82, 2.24) is 0 Å². The van der Waals surface area contributed by atoms with Gasteiger partial charge < -0.3 is 14.2 Å². The van der Waals surface area contributed by atoms with E-state index in [4.69, 9.17) is 14.2 Å². The molecule has 6 nitrogen and oxygen atoms in total. The molecule has 0 unspecified atom stereocenters. The number of hydrogen-bond acceptors (Lipinski definition) is 6. The highest BCUT2D eigenvalue weighted by molar-refractivity contribution is 5.86. The lowest BCUT2D eigenvalue weighted by Crippen LogP contribution is -2.54. The Morgan fingerprint density at radius 2 is 2.00 bits per heavy atom. The van der Waals surface area contributed by atoms with Crippen LogP contribution in [0.25, 0.3) is 0 Å². The van der Waals surface area contributed by atoms with Gasteiger partial charge in [0, 0.05) is 18.8 Å². The van der Waals surface area contributed by atoms with E-state index in [-0.39, 0.29) is 29.2 Å². The Balaban J connectivity index is 1.70. The zero-order valence-electron chi connectivity index (χ0n) is 16.8. The van der Waals surface area contributed by atoms with Crippen molar-refractivity contribution in [2.45, 2.75) is 64.1 Å². The molecule has 4 aliphatic carbocycles. The smallest absolute Gasteiger partial charge is 0.316 e. The van der Waals surface area contributed by atoms with Crippen molar-refractivity contribution in [3.8, 4) is 0 Å². The third-order valence-corrected chi connectivity index (χ3v) is 8.92. The fourth-order valence-corrected chi connectivity index (χ4v) is 8.13. The average molecular weight is 388 g/mol. The van der Waals surface area contributed by atoms with Crippen molar-refractivity contribution in [3.05, 3.63) is 12.2 Å². The van der Waals surface area contributed by atoms with Gasteiger partial charge in [0.1, 0.15) is 17.1 Å². The Hall–Kier alpha value is -1.85. The minimum atomic E-state index is -1.02. The lowest BCUT2D eigenvalue weighted by atomic mass is 9.59. The average Bonchev–Trinajstić information content (AvgIpc) is 3.10. The summed E-state index contributed by atoms with van der Waals surface area (Å²) in [5, 5.41) is 0. The lowest BCUT2D eigenvalue weighted by Gasteiger charge is -2.45. The summed E-state index contributed by atoms with van der Waals surface area (Å²) in [6.07, 6.45) is 4.34. The Labute approximate surface area is 165 Å². The molecule has 4 saturated carbocycles. The van der Waals surface area contributed by atoms with E-state index >= 15 is 0 Å². The number of allylic oxidation sites excluding steroid dienone is 1. The van der Waals surface area contributed by atoms with E-state index in [9.17, 15) is 14.4 Å². The van der Waals surface area contributed by atoms with E-state index in [1.165, 1.54) is 19.6 Å². The molecule has 0 amide bonds. The summed E-state index contributed by atoms with van der Waals surface area (Å²) < 4.78 is 17.1.